The van der Waals surface area contributed by atoms with E-state index in [1.165, 1.54) is 0 Å². The van der Waals surface area contributed by atoms with E-state index in [0.29, 0.717) is 10.9 Å². The van der Waals surface area contributed by atoms with Gasteiger partial charge in [-0.1, -0.05) is 40.2 Å². The molecule has 0 radical (unpaired) electrons. The lowest BCUT2D eigenvalue weighted by atomic mass is 9.97. The first kappa shape index (κ1) is 12.3. The zero-order chi connectivity index (χ0) is 12.3. The molecule has 2 unspecified atom stereocenters. The topological polar surface area (TPSA) is 69.1 Å². The third-order valence-corrected chi connectivity index (χ3v) is 3.26. The Morgan fingerprint density at radius 1 is 1.24 bits per heavy atom. The van der Waals surface area contributed by atoms with Gasteiger partial charge in [0.05, 0.1) is 11.8 Å². The second kappa shape index (κ2) is 5.44. The molecule has 0 bridgehead atoms. The van der Waals surface area contributed by atoms with E-state index in [9.17, 15) is 10.2 Å². The van der Waals surface area contributed by atoms with E-state index in [0.717, 1.165) is 11.3 Å². The van der Waals surface area contributed by atoms with Crippen molar-refractivity contribution in [1.82, 2.24) is 10.2 Å². The molecule has 0 saturated heterocycles. The monoisotopic (exact) mass is 296 g/mol. The Hall–Kier alpha value is -1.17. The maximum atomic E-state index is 10.1. The molecular weight excluding hydrogens is 284 g/mol. The van der Waals surface area contributed by atoms with Crippen molar-refractivity contribution in [3.63, 3.8) is 0 Å². The molecule has 0 aliphatic carbocycles. The zero-order valence-corrected chi connectivity index (χ0v) is 10.6. The highest BCUT2D eigenvalue weighted by molar-refractivity contribution is 9.09. The van der Waals surface area contributed by atoms with E-state index in [1.54, 1.807) is 12.3 Å². The molecule has 0 aliphatic heterocycles. The second-order valence-electron chi connectivity index (χ2n) is 3.72. The molecule has 0 fully saturated rings. The van der Waals surface area contributed by atoms with E-state index >= 15 is 0 Å². The van der Waals surface area contributed by atoms with E-state index in [1.807, 2.05) is 24.3 Å². The fourth-order valence-corrected chi connectivity index (χ4v) is 2.05. The number of hydrogen-bond acceptors (Lipinski definition) is 3. The number of hydrogen-bond donors (Lipinski definition) is 3. The average Bonchev–Trinajstić information content (AvgIpc) is 2.90. The first-order valence-electron chi connectivity index (χ1n) is 5.25. The summed E-state index contributed by atoms with van der Waals surface area (Å²) in [6.45, 7) is 0. The van der Waals surface area contributed by atoms with Crippen molar-refractivity contribution in [2.75, 3.05) is 5.33 Å². The summed E-state index contributed by atoms with van der Waals surface area (Å²) >= 11 is 3.16. The maximum Gasteiger partial charge on any atom is 0.106 e. The zero-order valence-electron chi connectivity index (χ0n) is 9.05. The summed E-state index contributed by atoms with van der Waals surface area (Å²) in [7, 11) is 0. The van der Waals surface area contributed by atoms with Gasteiger partial charge in [0.2, 0.25) is 0 Å². The van der Waals surface area contributed by atoms with Crippen molar-refractivity contribution in [3.05, 3.63) is 42.1 Å². The highest BCUT2D eigenvalue weighted by atomic mass is 79.9. The van der Waals surface area contributed by atoms with Crippen LogP contribution in [-0.4, -0.2) is 31.8 Å². The van der Waals surface area contributed by atoms with E-state index in [2.05, 4.69) is 26.1 Å². The highest BCUT2D eigenvalue weighted by Gasteiger charge is 2.20. The fraction of sp³-hybridized carbons (Fsp3) is 0.250. The summed E-state index contributed by atoms with van der Waals surface area (Å²) in [6, 6.07) is 9.22. The molecule has 1 heterocycles. The van der Waals surface area contributed by atoms with Crippen molar-refractivity contribution >= 4 is 15.9 Å². The SMILES string of the molecule is OC(CBr)C(O)c1ccccc1-c1ccn[nH]1. The van der Waals surface area contributed by atoms with Crippen molar-refractivity contribution in [1.29, 1.82) is 0 Å². The summed E-state index contributed by atoms with van der Waals surface area (Å²) in [5.74, 6) is 0. The molecule has 0 saturated carbocycles. The number of aromatic nitrogens is 2. The highest BCUT2D eigenvalue weighted by Crippen LogP contribution is 2.28. The van der Waals surface area contributed by atoms with Gasteiger partial charge in [-0.05, 0) is 11.6 Å². The lowest BCUT2D eigenvalue weighted by Gasteiger charge is -2.18. The van der Waals surface area contributed by atoms with Gasteiger partial charge in [-0.25, -0.2) is 0 Å². The number of aliphatic hydroxyl groups excluding tert-OH is 2. The van der Waals surface area contributed by atoms with Crippen LogP contribution in [0, 0.1) is 0 Å². The summed E-state index contributed by atoms with van der Waals surface area (Å²) < 4.78 is 0. The Balaban J connectivity index is 2.41. The lowest BCUT2D eigenvalue weighted by molar-refractivity contribution is 0.0346. The number of aliphatic hydroxyl groups is 2. The van der Waals surface area contributed by atoms with Gasteiger partial charge < -0.3 is 10.2 Å². The largest absolute Gasteiger partial charge is 0.389 e. The van der Waals surface area contributed by atoms with E-state index in [-0.39, 0.29) is 0 Å². The smallest absolute Gasteiger partial charge is 0.106 e. The van der Waals surface area contributed by atoms with Crippen LogP contribution in [0.1, 0.15) is 11.7 Å². The Morgan fingerprint density at radius 2 is 2.00 bits per heavy atom. The van der Waals surface area contributed by atoms with E-state index < -0.39 is 12.2 Å². The minimum absolute atomic E-state index is 0.325. The van der Waals surface area contributed by atoms with Gasteiger partial charge in [0, 0.05) is 17.1 Å². The number of nitrogens with zero attached hydrogens (tertiary/aromatic N) is 1. The molecule has 17 heavy (non-hydrogen) atoms. The van der Waals surface area contributed by atoms with E-state index in [4.69, 9.17) is 0 Å². The first-order chi connectivity index (χ1) is 8.24. The molecule has 2 atom stereocenters. The molecule has 1 aromatic carbocycles. The molecule has 90 valence electrons. The molecule has 0 spiro atoms. The number of H-pyrrole nitrogens is 1. The number of halogens is 1. The van der Waals surface area contributed by atoms with Gasteiger partial charge in [0.1, 0.15) is 6.10 Å². The first-order valence-corrected chi connectivity index (χ1v) is 6.37. The molecule has 5 heteroatoms. The standard InChI is InChI=1S/C12H13BrN2O2/c13-7-11(16)12(17)9-4-2-1-3-8(9)10-5-6-14-15-10/h1-6,11-12,16-17H,7H2,(H,14,15). The molecule has 0 aliphatic rings. The van der Waals surface area contributed by atoms with Crippen LogP contribution in [-0.2, 0) is 0 Å². The second-order valence-corrected chi connectivity index (χ2v) is 4.37. The van der Waals surface area contributed by atoms with Crippen LogP contribution in [0.25, 0.3) is 11.3 Å². The minimum atomic E-state index is -0.922. The number of alkyl halides is 1. The van der Waals surface area contributed by atoms with Crippen molar-refractivity contribution in [2.45, 2.75) is 12.2 Å². The van der Waals surface area contributed by atoms with Crippen LogP contribution in [0.2, 0.25) is 0 Å². The van der Waals surface area contributed by atoms with Crippen molar-refractivity contribution in [3.8, 4) is 11.3 Å². The predicted molar refractivity (Wildman–Crippen MR) is 68.8 cm³/mol. The number of aromatic amines is 1. The predicted octanol–water partition coefficient (Wildman–Crippen LogP) is 1.87. The van der Waals surface area contributed by atoms with Crippen LogP contribution in [0.15, 0.2) is 36.5 Å². The molecular formula is C12H13BrN2O2. The van der Waals surface area contributed by atoms with Crippen LogP contribution in [0.3, 0.4) is 0 Å². The van der Waals surface area contributed by atoms with Gasteiger partial charge in [0.15, 0.2) is 0 Å². The van der Waals surface area contributed by atoms with Crippen LogP contribution in [0.5, 0.6) is 0 Å². The maximum absolute atomic E-state index is 10.1. The third-order valence-electron chi connectivity index (χ3n) is 2.59. The number of nitrogens with one attached hydrogen (secondary N) is 1. The number of rotatable bonds is 4. The molecule has 2 rings (SSSR count). The number of benzene rings is 1. The Labute approximate surface area is 107 Å². The average molecular weight is 297 g/mol. The normalized spacial score (nSPS) is 14.5. The summed E-state index contributed by atoms with van der Waals surface area (Å²) in [4.78, 5) is 0. The van der Waals surface area contributed by atoms with Gasteiger partial charge in [-0.15, -0.1) is 0 Å². The van der Waals surface area contributed by atoms with Crippen LogP contribution >= 0.6 is 15.9 Å². The van der Waals surface area contributed by atoms with Crippen molar-refractivity contribution < 1.29 is 10.2 Å². The minimum Gasteiger partial charge on any atom is -0.389 e. The molecule has 4 nitrogen and oxygen atoms in total. The van der Waals surface area contributed by atoms with Gasteiger partial charge in [-0.3, -0.25) is 5.10 Å². The fourth-order valence-electron chi connectivity index (χ4n) is 1.70. The van der Waals surface area contributed by atoms with Gasteiger partial charge in [-0.2, -0.15) is 5.10 Å². The van der Waals surface area contributed by atoms with Crippen LogP contribution in [0.4, 0.5) is 0 Å². The Bertz CT molecular complexity index is 473. The Kier molecular flexibility index (Phi) is 3.93. The molecule has 1 aromatic heterocycles. The third kappa shape index (κ3) is 2.57. The lowest BCUT2D eigenvalue weighted by Crippen LogP contribution is -2.20. The van der Waals surface area contributed by atoms with Crippen LogP contribution < -0.4 is 0 Å². The van der Waals surface area contributed by atoms with Gasteiger partial charge >= 0.3 is 0 Å². The molecule has 2 aromatic rings. The molecule has 3 N–H and O–H groups in total. The van der Waals surface area contributed by atoms with Crippen molar-refractivity contribution in [2.24, 2.45) is 0 Å². The summed E-state index contributed by atoms with van der Waals surface area (Å²) in [6.07, 6.45) is -0.104. The molecule has 0 amide bonds. The quantitative estimate of drug-likeness (QED) is 0.755. The Morgan fingerprint density at radius 3 is 2.65 bits per heavy atom. The summed E-state index contributed by atoms with van der Waals surface area (Å²) in [5, 5.41) is 26.8. The van der Waals surface area contributed by atoms with Gasteiger partial charge in [0.25, 0.3) is 0 Å². The summed E-state index contributed by atoms with van der Waals surface area (Å²) in [5.41, 5.74) is 2.35.